The van der Waals surface area contributed by atoms with Gasteiger partial charge >= 0.3 is 6.61 Å². The number of rotatable bonds is 4. The highest BCUT2D eigenvalue weighted by Gasteiger charge is 2.29. The molecule has 0 saturated carbocycles. The number of carbonyl (C=O) groups is 1. The molecule has 0 aliphatic carbocycles. The van der Waals surface area contributed by atoms with Crippen LogP contribution in [0.5, 0.6) is 5.75 Å². The Balaban J connectivity index is 2.03. The average Bonchev–Trinajstić information content (AvgIpc) is 2.78. The zero-order chi connectivity index (χ0) is 14.7. The zero-order valence-electron chi connectivity index (χ0n) is 10.8. The van der Waals surface area contributed by atoms with Gasteiger partial charge in [-0.05, 0) is 30.7 Å². The molecule has 7 heteroatoms. The highest BCUT2D eigenvalue weighted by molar-refractivity contribution is 6.32. The molecule has 110 valence electrons. The summed E-state index contributed by atoms with van der Waals surface area (Å²) >= 11 is 5.82. The lowest BCUT2D eigenvalue weighted by molar-refractivity contribution is -0.120. The van der Waals surface area contributed by atoms with Gasteiger partial charge in [0.15, 0.2) is 0 Å². The predicted molar refractivity (Wildman–Crippen MR) is 72.2 cm³/mol. The fourth-order valence-electron chi connectivity index (χ4n) is 2.17. The van der Waals surface area contributed by atoms with Gasteiger partial charge in [0.2, 0.25) is 5.91 Å². The molecule has 0 spiro atoms. The Labute approximate surface area is 120 Å². The highest BCUT2D eigenvalue weighted by atomic mass is 35.5. The molecule has 1 heterocycles. The third-order valence-corrected chi connectivity index (χ3v) is 3.57. The fourth-order valence-corrected chi connectivity index (χ4v) is 2.39. The van der Waals surface area contributed by atoms with Crippen molar-refractivity contribution in [2.24, 2.45) is 11.8 Å². The minimum atomic E-state index is -2.93. The lowest BCUT2D eigenvalue weighted by atomic mass is 9.97. The molecule has 0 aromatic heterocycles. The third-order valence-electron chi connectivity index (χ3n) is 3.27. The van der Waals surface area contributed by atoms with Crippen LogP contribution in [0.25, 0.3) is 0 Å². The quantitative estimate of drug-likeness (QED) is 0.899. The second-order valence-corrected chi connectivity index (χ2v) is 5.16. The van der Waals surface area contributed by atoms with E-state index in [-0.39, 0.29) is 28.5 Å². The second kappa shape index (κ2) is 6.37. The van der Waals surface area contributed by atoms with Crippen LogP contribution in [0.15, 0.2) is 18.2 Å². The van der Waals surface area contributed by atoms with Crippen molar-refractivity contribution < 1.29 is 18.3 Å². The van der Waals surface area contributed by atoms with Crippen LogP contribution in [0.4, 0.5) is 14.5 Å². The van der Waals surface area contributed by atoms with Crippen molar-refractivity contribution in [1.29, 1.82) is 0 Å². The van der Waals surface area contributed by atoms with E-state index < -0.39 is 6.61 Å². The first-order valence-electron chi connectivity index (χ1n) is 6.23. The van der Waals surface area contributed by atoms with E-state index in [1.165, 1.54) is 18.2 Å². The van der Waals surface area contributed by atoms with Crippen molar-refractivity contribution in [2.75, 3.05) is 18.4 Å². The first kappa shape index (κ1) is 15.0. The molecule has 4 nitrogen and oxygen atoms in total. The number of hydrogen-bond acceptors (Lipinski definition) is 3. The monoisotopic (exact) mass is 304 g/mol. The van der Waals surface area contributed by atoms with Crippen molar-refractivity contribution in [3.8, 4) is 5.75 Å². The van der Waals surface area contributed by atoms with Gasteiger partial charge in [-0.3, -0.25) is 4.79 Å². The number of hydrogen-bond donors (Lipinski definition) is 2. The summed E-state index contributed by atoms with van der Waals surface area (Å²) in [5.41, 5.74) is 0.459. The summed E-state index contributed by atoms with van der Waals surface area (Å²) in [5.74, 6) is -0.0747. The first-order valence-corrected chi connectivity index (χ1v) is 6.61. The molecule has 2 atom stereocenters. The molecule has 2 N–H and O–H groups in total. The standard InChI is InChI=1S/C13H15ClF2N2O2/c1-7-5-17-6-9(7)12(19)18-8-2-3-11(10(14)4-8)20-13(15)16/h2-4,7,9,13,17H,5-6H2,1H3,(H,18,19)/t7-,9-/m1/s1. The second-order valence-electron chi connectivity index (χ2n) is 4.75. The maximum atomic E-state index is 12.1. The molecular formula is C13H15ClF2N2O2. The molecule has 0 bridgehead atoms. The molecule has 0 unspecified atom stereocenters. The molecule has 1 aliphatic heterocycles. The van der Waals surface area contributed by atoms with Crippen LogP contribution in [-0.4, -0.2) is 25.6 Å². The van der Waals surface area contributed by atoms with E-state index >= 15 is 0 Å². The topological polar surface area (TPSA) is 50.4 Å². The Kier molecular flexibility index (Phi) is 4.77. The van der Waals surface area contributed by atoms with Gasteiger partial charge in [-0.1, -0.05) is 18.5 Å². The van der Waals surface area contributed by atoms with E-state index in [2.05, 4.69) is 15.4 Å². The number of nitrogens with one attached hydrogen (secondary N) is 2. The Hall–Kier alpha value is -1.40. The summed E-state index contributed by atoms with van der Waals surface area (Å²) in [6, 6.07) is 4.18. The van der Waals surface area contributed by atoms with Gasteiger partial charge in [0.25, 0.3) is 0 Å². The van der Waals surface area contributed by atoms with Gasteiger partial charge in [0.05, 0.1) is 10.9 Å². The molecule has 1 aliphatic rings. The van der Waals surface area contributed by atoms with E-state index in [1.54, 1.807) is 0 Å². The van der Waals surface area contributed by atoms with Crippen molar-refractivity contribution in [3.63, 3.8) is 0 Å². The van der Waals surface area contributed by atoms with Gasteiger partial charge in [0.1, 0.15) is 5.75 Å². The smallest absolute Gasteiger partial charge is 0.387 e. The zero-order valence-corrected chi connectivity index (χ0v) is 11.6. The van der Waals surface area contributed by atoms with E-state index in [0.29, 0.717) is 12.2 Å². The summed E-state index contributed by atoms with van der Waals surface area (Å²) in [6.07, 6.45) is 0. The molecule has 0 radical (unpaired) electrons. The van der Waals surface area contributed by atoms with Gasteiger partial charge in [-0.2, -0.15) is 8.78 Å². The van der Waals surface area contributed by atoms with E-state index in [9.17, 15) is 13.6 Å². The van der Waals surface area contributed by atoms with Gasteiger partial charge in [-0.15, -0.1) is 0 Å². The molecule has 2 rings (SSSR count). The number of anilines is 1. The Morgan fingerprint density at radius 3 is 2.80 bits per heavy atom. The maximum Gasteiger partial charge on any atom is 0.387 e. The van der Waals surface area contributed by atoms with Gasteiger partial charge < -0.3 is 15.4 Å². The average molecular weight is 305 g/mol. The molecule has 1 saturated heterocycles. The first-order chi connectivity index (χ1) is 9.47. The highest BCUT2D eigenvalue weighted by Crippen LogP contribution is 2.29. The molecule has 1 aromatic carbocycles. The lowest BCUT2D eigenvalue weighted by Gasteiger charge is -2.15. The van der Waals surface area contributed by atoms with Crippen LogP contribution < -0.4 is 15.4 Å². The van der Waals surface area contributed by atoms with Crippen molar-refractivity contribution in [1.82, 2.24) is 5.32 Å². The summed E-state index contributed by atoms with van der Waals surface area (Å²) in [7, 11) is 0. The lowest BCUT2D eigenvalue weighted by Crippen LogP contribution is -2.27. The molecule has 1 aromatic rings. The van der Waals surface area contributed by atoms with Gasteiger partial charge in [-0.25, -0.2) is 0 Å². The third kappa shape index (κ3) is 3.58. The molecule has 1 fully saturated rings. The SMILES string of the molecule is C[C@@H]1CNC[C@H]1C(=O)Nc1ccc(OC(F)F)c(Cl)c1. The van der Waals surface area contributed by atoms with E-state index in [4.69, 9.17) is 11.6 Å². The van der Waals surface area contributed by atoms with Crippen LogP contribution in [0.1, 0.15) is 6.92 Å². The van der Waals surface area contributed by atoms with Crippen LogP contribution in [0.2, 0.25) is 5.02 Å². The Morgan fingerprint density at radius 2 is 2.25 bits per heavy atom. The Morgan fingerprint density at radius 1 is 1.50 bits per heavy atom. The largest absolute Gasteiger partial charge is 0.433 e. The summed E-state index contributed by atoms with van der Waals surface area (Å²) < 4.78 is 28.4. The minimum Gasteiger partial charge on any atom is -0.433 e. The number of ether oxygens (including phenoxy) is 1. The minimum absolute atomic E-state index is 0.0284. The fraction of sp³-hybridized carbons (Fsp3) is 0.462. The van der Waals surface area contributed by atoms with Crippen molar-refractivity contribution in [2.45, 2.75) is 13.5 Å². The maximum absolute atomic E-state index is 12.1. The number of benzene rings is 1. The van der Waals surface area contributed by atoms with Crippen LogP contribution >= 0.6 is 11.6 Å². The Bertz CT molecular complexity index is 499. The number of alkyl halides is 2. The molecular weight excluding hydrogens is 290 g/mol. The number of amides is 1. The van der Waals surface area contributed by atoms with Crippen molar-refractivity contribution >= 4 is 23.2 Å². The summed E-state index contributed by atoms with van der Waals surface area (Å²) in [5, 5.41) is 5.90. The summed E-state index contributed by atoms with van der Waals surface area (Å²) in [6.45, 7) is 0.503. The number of carbonyl (C=O) groups excluding carboxylic acids is 1. The van der Waals surface area contributed by atoms with Crippen LogP contribution in [0.3, 0.4) is 0 Å². The number of halogens is 3. The van der Waals surface area contributed by atoms with Crippen LogP contribution in [0, 0.1) is 11.8 Å². The van der Waals surface area contributed by atoms with Crippen LogP contribution in [-0.2, 0) is 4.79 Å². The molecule has 20 heavy (non-hydrogen) atoms. The van der Waals surface area contributed by atoms with Gasteiger partial charge in [0, 0.05) is 12.2 Å². The van der Waals surface area contributed by atoms with Crippen molar-refractivity contribution in [3.05, 3.63) is 23.2 Å². The van der Waals surface area contributed by atoms with E-state index in [0.717, 1.165) is 6.54 Å². The molecule has 1 amide bonds. The summed E-state index contributed by atoms with van der Waals surface area (Å²) in [4.78, 5) is 12.1. The van der Waals surface area contributed by atoms with E-state index in [1.807, 2.05) is 6.92 Å². The predicted octanol–water partition coefficient (Wildman–Crippen LogP) is 2.74. The normalized spacial score (nSPS) is 22.1.